The van der Waals surface area contributed by atoms with E-state index in [-0.39, 0.29) is 0 Å². The summed E-state index contributed by atoms with van der Waals surface area (Å²) in [5.74, 6) is 1.07. The minimum atomic E-state index is 0.449. The van der Waals surface area contributed by atoms with Crippen LogP contribution in [0.15, 0.2) is 48.7 Å². The lowest BCUT2D eigenvalue weighted by atomic mass is 9.94. The largest absolute Gasteiger partial charge is 0.367 e. The van der Waals surface area contributed by atoms with Crippen LogP contribution in [0.4, 0.5) is 5.82 Å². The molecule has 0 radical (unpaired) electrons. The van der Waals surface area contributed by atoms with Gasteiger partial charge in [0.1, 0.15) is 5.82 Å². The maximum atomic E-state index is 4.65. The summed E-state index contributed by atoms with van der Waals surface area (Å²) in [6.45, 7) is 6.62. The van der Waals surface area contributed by atoms with Gasteiger partial charge < -0.3 is 5.32 Å². The molecule has 1 aromatic carbocycles. The normalized spacial score (nSPS) is 19.8. The lowest BCUT2D eigenvalue weighted by Crippen LogP contribution is -2.33. The first-order valence-corrected chi connectivity index (χ1v) is 9.27. The van der Waals surface area contributed by atoms with E-state index in [1.165, 1.54) is 30.4 Å². The molecular formula is C21H29N3. The number of rotatable bonds is 6. The molecule has 3 nitrogen and oxygen atoms in total. The summed E-state index contributed by atoms with van der Waals surface area (Å²) < 4.78 is 0. The highest BCUT2D eigenvalue weighted by molar-refractivity contribution is 5.46. The average molecular weight is 323 g/mol. The minimum Gasteiger partial charge on any atom is -0.367 e. The van der Waals surface area contributed by atoms with Crippen LogP contribution in [0.5, 0.6) is 0 Å². The van der Waals surface area contributed by atoms with Crippen LogP contribution in [-0.4, -0.2) is 22.5 Å². The number of hydrogen-bond acceptors (Lipinski definition) is 3. The van der Waals surface area contributed by atoms with Crippen molar-refractivity contribution < 1.29 is 0 Å². The van der Waals surface area contributed by atoms with Gasteiger partial charge in [0.25, 0.3) is 0 Å². The quantitative estimate of drug-likeness (QED) is 0.809. The molecule has 2 aromatic rings. The van der Waals surface area contributed by atoms with Crippen molar-refractivity contribution in [3.63, 3.8) is 0 Å². The molecule has 0 amide bonds. The van der Waals surface area contributed by atoms with Crippen molar-refractivity contribution in [2.45, 2.75) is 58.2 Å². The zero-order chi connectivity index (χ0) is 16.8. The Balaban J connectivity index is 1.83. The highest BCUT2D eigenvalue weighted by Crippen LogP contribution is 2.35. The van der Waals surface area contributed by atoms with E-state index in [0.717, 1.165) is 25.3 Å². The van der Waals surface area contributed by atoms with E-state index in [9.17, 15) is 0 Å². The summed E-state index contributed by atoms with van der Waals surface area (Å²) >= 11 is 0. The van der Waals surface area contributed by atoms with E-state index in [1.54, 1.807) is 0 Å². The molecular weight excluding hydrogens is 294 g/mol. The molecule has 0 aliphatic carbocycles. The van der Waals surface area contributed by atoms with Gasteiger partial charge in [-0.1, -0.05) is 49.7 Å². The highest BCUT2D eigenvalue weighted by Gasteiger charge is 2.26. The second-order valence-corrected chi connectivity index (χ2v) is 6.86. The van der Waals surface area contributed by atoms with E-state index >= 15 is 0 Å². The van der Waals surface area contributed by atoms with E-state index in [1.807, 2.05) is 6.20 Å². The van der Waals surface area contributed by atoms with Gasteiger partial charge >= 0.3 is 0 Å². The maximum Gasteiger partial charge on any atom is 0.130 e. The highest BCUT2D eigenvalue weighted by atomic mass is 15.2. The molecule has 1 aliphatic heterocycles. The predicted molar refractivity (Wildman–Crippen MR) is 101 cm³/mol. The molecule has 1 saturated heterocycles. The van der Waals surface area contributed by atoms with Gasteiger partial charge in [0.2, 0.25) is 0 Å². The van der Waals surface area contributed by atoms with Gasteiger partial charge in [-0.15, -0.1) is 0 Å². The van der Waals surface area contributed by atoms with Gasteiger partial charge in [-0.2, -0.15) is 0 Å². The van der Waals surface area contributed by atoms with E-state index < -0.39 is 0 Å². The molecule has 128 valence electrons. The lowest BCUT2D eigenvalue weighted by Gasteiger charge is -2.37. The van der Waals surface area contributed by atoms with E-state index in [2.05, 4.69) is 71.5 Å². The summed E-state index contributed by atoms with van der Waals surface area (Å²) in [7, 11) is 0. The van der Waals surface area contributed by atoms with Gasteiger partial charge in [0.05, 0.1) is 0 Å². The minimum absolute atomic E-state index is 0.449. The molecule has 1 aliphatic rings. The van der Waals surface area contributed by atoms with Gasteiger partial charge in [0, 0.05) is 30.4 Å². The molecule has 1 aromatic heterocycles. The van der Waals surface area contributed by atoms with Crippen LogP contribution in [0.2, 0.25) is 0 Å². The van der Waals surface area contributed by atoms with Crippen LogP contribution in [0, 0.1) is 0 Å². The van der Waals surface area contributed by atoms with Gasteiger partial charge in [0.15, 0.2) is 0 Å². The van der Waals surface area contributed by atoms with Crippen LogP contribution < -0.4 is 5.32 Å². The smallest absolute Gasteiger partial charge is 0.130 e. The topological polar surface area (TPSA) is 28.2 Å². The zero-order valence-corrected chi connectivity index (χ0v) is 14.9. The summed E-state index contributed by atoms with van der Waals surface area (Å²) in [5, 5.41) is 3.60. The Labute approximate surface area is 146 Å². The Morgan fingerprint density at radius 3 is 2.79 bits per heavy atom. The fraction of sp³-hybridized carbons (Fsp3) is 0.476. The Morgan fingerprint density at radius 2 is 2.00 bits per heavy atom. The van der Waals surface area contributed by atoms with E-state index in [4.69, 9.17) is 0 Å². The van der Waals surface area contributed by atoms with Gasteiger partial charge in [-0.3, -0.25) is 4.90 Å². The molecule has 2 heterocycles. The lowest BCUT2D eigenvalue weighted by molar-refractivity contribution is 0.140. The number of hydrogen-bond donors (Lipinski definition) is 1. The van der Waals surface area contributed by atoms with E-state index in [0.29, 0.717) is 12.1 Å². The fourth-order valence-corrected chi connectivity index (χ4v) is 3.49. The maximum absolute atomic E-state index is 4.65. The van der Waals surface area contributed by atoms with Crippen molar-refractivity contribution in [1.29, 1.82) is 0 Å². The van der Waals surface area contributed by atoms with Crippen LogP contribution >= 0.6 is 0 Å². The number of likely N-dealkylation sites (tertiary alicyclic amines) is 1. The third-order valence-corrected chi connectivity index (χ3v) is 5.04. The van der Waals surface area contributed by atoms with Gasteiger partial charge in [-0.05, 0) is 44.4 Å². The van der Waals surface area contributed by atoms with Crippen molar-refractivity contribution in [3.8, 4) is 0 Å². The number of anilines is 1. The summed E-state index contributed by atoms with van der Waals surface area (Å²) in [6, 6.07) is 16.1. The SMILES string of the molecule is CC[C@@H](C)Nc1ncccc1[C@H]1CCCCN1Cc1ccccc1. The number of benzene rings is 1. The number of piperidine rings is 1. The van der Waals surface area contributed by atoms with Crippen molar-refractivity contribution in [1.82, 2.24) is 9.88 Å². The molecule has 24 heavy (non-hydrogen) atoms. The summed E-state index contributed by atoms with van der Waals surface area (Å²) in [6.07, 6.45) is 6.81. The number of nitrogens with zero attached hydrogens (tertiary/aromatic N) is 2. The van der Waals surface area contributed by atoms with Crippen LogP contribution in [-0.2, 0) is 6.54 Å². The Bertz CT molecular complexity index is 626. The average Bonchev–Trinajstić information content (AvgIpc) is 2.63. The molecule has 3 rings (SSSR count). The number of aromatic nitrogens is 1. The molecule has 1 fully saturated rings. The predicted octanol–water partition coefficient (Wildman–Crippen LogP) is 5.02. The Hall–Kier alpha value is -1.87. The van der Waals surface area contributed by atoms with Crippen molar-refractivity contribution in [3.05, 3.63) is 59.8 Å². The fourth-order valence-electron chi connectivity index (χ4n) is 3.49. The Morgan fingerprint density at radius 1 is 1.17 bits per heavy atom. The van der Waals surface area contributed by atoms with Crippen molar-refractivity contribution >= 4 is 5.82 Å². The number of nitrogens with one attached hydrogen (secondary N) is 1. The van der Waals surface area contributed by atoms with Crippen molar-refractivity contribution in [2.75, 3.05) is 11.9 Å². The van der Waals surface area contributed by atoms with Crippen LogP contribution in [0.1, 0.15) is 56.7 Å². The first-order chi connectivity index (χ1) is 11.8. The summed E-state index contributed by atoms with van der Waals surface area (Å²) in [5.41, 5.74) is 2.75. The molecule has 2 atom stereocenters. The third-order valence-electron chi connectivity index (χ3n) is 5.04. The second kappa shape index (κ2) is 8.29. The molecule has 1 N–H and O–H groups in total. The summed E-state index contributed by atoms with van der Waals surface area (Å²) in [4.78, 5) is 7.27. The molecule has 3 heteroatoms. The second-order valence-electron chi connectivity index (χ2n) is 6.86. The Kier molecular flexibility index (Phi) is 5.86. The van der Waals surface area contributed by atoms with Crippen LogP contribution in [0.25, 0.3) is 0 Å². The third kappa shape index (κ3) is 4.15. The molecule has 0 spiro atoms. The first-order valence-electron chi connectivity index (χ1n) is 9.27. The van der Waals surface area contributed by atoms with Crippen LogP contribution in [0.3, 0.4) is 0 Å². The molecule has 0 unspecified atom stereocenters. The zero-order valence-electron chi connectivity index (χ0n) is 14.9. The van der Waals surface area contributed by atoms with Gasteiger partial charge in [-0.25, -0.2) is 4.98 Å². The standard InChI is InChI=1S/C21H29N3/c1-3-17(2)23-21-19(12-9-14-22-21)20-13-7-8-15-24(20)16-18-10-5-4-6-11-18/h4-6,9-12,14,17,20H,3,7-8,13,15-16H2,1-2H3,(H,22,23)/t17-,20-/m1/s1. The molecule has 0 bridgehead atoms. The monoisotopic (exact) mass is 323 g/mol. The first kappa shape index (κ1) is 17.0. The number of pyridine rings is 1. The van der Waals surface area contributed by atoms with Crippen molar-refractivity contribution in [2.24, 2.45) is 0 Å². The molecule has 0 saturated carbocycles.